The van der Waals surface area contributed by atoms with E-state index in [1.807, 2.05) is 18.2 Å². The van der Waals surface area contributed by atoms with Crippen LogP contribution in [0.4, 0.5) is 0 Å². The molecule has 0 saturated carbocycles. The molecule has 0 saturated heterocycles. The number of ether oxygens (including phenoxy) is 2. The van der Waals surface area contributed by atoms with E-state index in [1.54, 1.807) is 26.4 Å². The third kappa shape index (κ3) is 5.08. The summed E-state index contributed by atoms with van der Waals surface area (Å²) in [6.45, 7) is 2.16. The van der Waals surface area contributed by atoms with E-state index in [0.717, 1.165) is 18.4 Å². The van der Waals surface area contributed by atoms with Crippen LogP contribution in [0.25, 0.3) is 6.08 Å². The zero-order valence-corrected chi connectivity index (χ0v) is 12.6. The van der Waals surface area contributed by atoms with E-state index in [2.05, 4.69) is 6.92 Å². The minimum absolute atomic E-state index is 0.158. The Labute approximate surface area is 121 Å². The van der Waals surface area contributed by atoms with Crippen molar-refractivity contribution in [3.8, 4) is 11.5 Å². The highest BCUT2D eigenvalue weighted by molar-refractivity contribution is 5.94. The van der Waals surface area contributed by atoms with Gasteiger partial charge in [0.25, 0.3) is 0 Å². The van der Waals surface area contributed by atoms with Crippen molar-refractivity contribution in [2.45, 2.75) is 39.0 Å². The predicted octanol–water partition coefficient (Wildman–Crippen LogP) is 4.26. The van der Waals surface area contributed by atoms with Crippen molar-refractivity contribution in [1.82, 2.24) is 0 Å². The molecular formula is C17H24O3. The SMILES string of the molecule is CCCCCCC(=O)C=Cc1cccc(OC)c1OC. The normalized spacial score (nSPS) is 10.8. The molecule has 1 rings (SSSR count). The summed E-state index contributed by atoms with van der Waals surface area (Å²) in [5.41, 5.74) is 0.855. The van der Waals surface area contributed by atoms with Gasteiger partial charge in [0.2, 0.25) is 0 Å². The average molecular weight is 276 g/mol. The Kier molecular flexibility index (Phi) is 7.48. The second-order valence-corrected chi connectivity index (χ2v) is 4.69. The largest absolute Gasteiger partial charge is 0.493 e. The summed E-state index contributed by atoms with van der Waals surface area (Å²) in [5.74, 6) is 1.49. The van der Waals surface area contributed by atoms with E-state index in [4.69, 9.17) is 9.47 Å². The minimum Gasteiger partial charge on any atom is -0.493 e. The lowest BCUT2D eigenvalue weighted by Crippen LogP contribution is -1.94. The third-order valence-electron chi connectivity index (χ3n) is 3.16. The summed E-state index contributed by atoms with van der Waals surface area (Å²) in [4.78, 5) is 11.8. The molecule has 0 aliphatic heterocycles. The number of carbonyl (C=O) groups excluding carboxylic acids is 1. The predicted molar refractivity (Wildman–Crippen MR) is 82.3 cm³/mol. The highest BCUT2D eigenvalue weighted by atomic mass is 16.5. The molecule has 3 nitrogen and oxygen atoms in total. The van der Waals surface area contributed by atoms with Gasteiger partial charge in [-0.1, -0.05) is 38.3 Å². The number of hydrogen-bond acceptors (Lipinski definition) is 3. The van der Waals surface area contributed by atoms with Crippen LogP contribution in [-0.2, 0) is 4.79 Å². The van der Waals surface area contributed by atoms with Gasteiger partial charge in [0.1, 0.15) is 0 Å². The molecule has 1 aromatic carbocycles. The Morgan fingerprint density at radius 1 is 1.15 bits per heavy atom. The van der Waals surface area contributed by atoms with Gasteiger partial charge in [-0.05, 0) is 24.6 Å². The highest BCUT2D eigenvalue weighted by Gasteiger charge is 2.07. The van der Waals surface area contributed by atoms with Crippen LogP contribution >= 0.6 is 0 Å². The van der Waals surface area contributed by atoms with Gasteiger partial charge in [-0.3, -0.25) is 4.79 Å². The summed E-state index contributed by atoms with van der Waals surface area (Å²) in [6.07, 6.45) is 8.51. The lowest BCUT2D eigenvalue weighted by molar-refractivity contribution is -0.114. The fourth-order valence-electron chi connectivity index (χ4n) is 2.04. The molecule has 110 valence electrons. The molecule has 0 aromatic heterocycles. The number of ketones is 1. The van der Waals surface area contributed by atoms with E-state index >= 15 is 0 Å². The molecule has 0 heterocycles. The van der Waals surface area contributed by atoms with Gasteiger partial charge in [-0.15, -0.1) is 0 Å². The number of carbonyl (C=O) groups is 1. The highest BCUT2D eigenvalue weighted by Crippen LogP contribution is 2.31. The molecule has 0 fully saturated rings. The molecule has 0 aliphatic carbocycles. The molecule has 0 spiro atoms. The summed E-state index contributed by atoms with van der Waals surface area (Å²) in [5, 5.41) is 0. The lowest BCUT2D eigenvalue weighted by atomic mass is 10.1. The molecule has 0 N–H and O–H groups in total. The molecule has 3 heteroatoms. The van der Waals surface area contributed by atoms with Crippen molar-refractivity contribution in [1.29, 1.82) is 0 Å². The average Bonchev–Trinajstić information content (AvgIpc) is 2.48. The standard InChI is InChI=1S/C17H24O3/c1-4-5-6-7-10-15(18)13-12-14-9-8-11-16(19-2)17(14)20-3/h8-9,11-13H,4-7,10H2,1-3H3. The smallest absolute Gasteiger partial charge is 0.167 e. The summed E-state index contributed by atoms with van der Waals surface area (Å²) in [6, 6.07) is 5.62. The zero-order chi connectivity index (χ0) is 14.8. The van der Waals surface area contributed by atoms with E-state index < -0.39 is 0 Å². The number of hydrogen-bond donors (Lipinski definition) is 0. The van der Waals surface area contributed by atoms with Crippen LogP contribution in [-0.4, -0.2) is 20.0 Å². The van der Waals surface area contributed by atoms with Gasteiger partial charge in [0.15, 0.2) is 17.3 Å². The first-order valence-electron chi connectivity index (χ1n) is 7.14. The third-order valence-corrected chi connectivity index (χ3v) is 3.16. The molecule has 0 amide bonds. The summed E-state index contributed by atoms with van der Waals surface area (Å²) >= 11 is 0. The van der Waals surface area contributed by atoms with Crippen molar-refractivity contribution in [3.05, 3.63) is 29.8 Å². The number of benzene rings is 1. The summed E-state index contributed by atoms with van der Waals surface area (Å²) in [7, 11) is 3.20. The van der Waals surface area contributed by atoms with Gasteiger partial charge in [-0.25, -0.2) is 0 Å². The van der Waals surface area contributed by atoms with Crippen LogP contribution in [0.1, 0.15) is 44.6 Å². The van der Waals surface area contributed by atoms with E-state index in [9.17, 15) is 4.79 Å². The molecule has 0 atom stereocenters. The monoisotopic (exact) mass is 276 g/mol. The second kappa shape index (κ2) is 9.18. The van der Waals surface area contributed by atoms with Gasteiger partial charge in [0.05, 0.1) is 14.2 Å². The number of para-hydroxylation sites is 1. The molecule has 20 heavy (non-hydrogen) atoms. The maximum atomic E-state index is 11.8. The van der Waals surface area contributed by atoms with Gasteiger partial charge >= 0.3 is 0 Å². The van der Waals surface area contributed by atoms with Crippen LogP contribution in [0.3, 0.4) is 0 Å². The number of unbranched alkanes of at least 4 members (excludes halogenated alkanes) is 3. The molecule has 1 aromatic rings. The first kappa shape index (κ1) is 16.3. The molecular weight excluding hydrogens is 252 g/mol. The Bertz CT molecular complexity index is 450. The van der Waals surface area contributed by atoms with Crippen molar-refractivity contribution in [2.24, 2.45) is 0 Å². The van der Waals surface area contributed by atoms with Crippen LogP contribution in [0.5, 0.6) is 11.5 Å². The Morgan fingerprint density at radius 2 is 1.95 bits per heavy atom. The first-order chi connectivity index (χ1) is 9.72. The van der Waals surface area contributed by atoms with Crippen molar-refractivity contribution >= 4 is 11.9 Å². The number of rotatable bonds is 9. The van der Waals surface area contributed by atoms with E-state index in [1.165, 1.54) is 12.8 Å². The molecule has 0 radical (unpaired) electrons. The fourth-order valence-corrected chi connectivity index (χ4v) is 2.04. The van der Waals surface area contributed by atoms with Gasteiger partial charge in [-0.2, -0.15) is 0 Å². The van der Waals surface area contributed by atoms with Crippen molar-refractivity contribution in [3.63, 3.8) is 0 Å². The maximum absolute atomic E-state index is 11.8. The van der Waals surface area contributed by atoms with E-state index in [0.29, 0.717) is 17.9 Å². The Balaban J connectivity index is 2.63. The topological polar surface area (TPSA) is 35.5 Å². The van der Waals surface area contributed by atoms with Crippen LogP contribution in [0.15, 0.2) is 24.3 Å². The molecule has 0 aliphatic rings. The Hall–Kier alpha value is -1.77. The lowest BCUT2D eigenvalue weighted by Gasteiger charge is -2.09. The van der Waals surface area contributed by atoms with Crippen molar-refractivity contribution in [2.75, 3.05) is 14.2 Å². The quantitative estimate of drug-likeness (QED) is 0.499. The van der Waals surface area contributed by atoms with Gasteiger partial charge in [0, 0.05) is 12.0 Å². The minimum atomic E-state index is 0.158. The molecule has 0 bridgehead atoms. The summed E-state index contributed by atoms with van der Waals surface area (Å²) < 4.78 is 10.6. The second-order valence-electron chi connectivity index (χ2n) is 4.69. The van der Waals surface area contributed by atoms with Crippen LogP contribution < -0.4 is 9.47 Å². The maximum Gasteiger partial charge on any atom is 0.167 e. The Morgan fingerprint density at radius 3 is 2.60 bits per heavy atom. The first-order valence-corrected chi connectivity index (χ1v) is 7.14. The van der Waals surface area contributed by atoms with Crippen molar-refractivity contribution < 1.29 is 14.3 Å². The van der Waals surface area contributed by atoms with Crippen LogP contribution in [0.2, 0.25) is 0 Å². The van der Waals surface area contributed by atoms with Gasteiger partial charge < -0.3 is 9.47 Å². The zero-order valence-electron chi connectivity index (χ0n) is 12.6. The fraction of sp³-hybridized carbons (Fsp3) is 0.471. The van der Waals surface area contributed by atoms with E-state index in [-0.39, 0.29) is 5.78 Å². The molecule has 0 unspecified atom stereocenters. The number of methoxy groups -OCH3 is 2. The number of allylic oxidation sites excluding steroid dienone is 1. The van der Waals surface area contributed by atoms with Crippen LogP contribution in [0, 0.1) is 0 Å².